The summed E-state index contributed by atoms with van der Waals surface area (Å²) in [7, 11) is 1.71. The van der Waals surface area contributed by atoms with Crippen molar-refractivity contribution in [2.45, 2.75) is 39.5 Å². The standard InChI is InChI=1S/C49H41ClN4O7S/c1-5-61-38-21-28(13-19-37(38)55)42-31-17-18-32-41(47(59)53(45(32)57)30-15-11-27(12-16-30)43(56)26-9-7-6-8-10-26)34(31)23-35-46(58)54(48(60)49(35,42)3)40-24-36(51-52(40)4)44-25(2)33-22-29(50)14-20-39(33)62-44/h6-17,19-22,24,32,34-35,41-42,55H,5,18,23H2,1-4H3. The van der Waals surface area contributed by atoms with Gasteiger partial charge in [-0.2, -0.15) is 5.10 Å². The van der Waals surface area contributed by atoms with Crippen LogP contribution in [0.15, 0.2) is 109 Å². The average molecular weight is 865 g/mol. The molecule has 3 fully saturated rings. The van der Waals surface area contributed by atoms with Gasteiger partial charge in [0.25, 0.3) is 0 Å². The topological polar surface area (TPSA) is 139 Å². The normalized spacial score (nSPS) is 24.3. The van der Waals surface area contributed by atoms with Crippen molar-refractivity contribution in [3.8, 4) is 22.1 Å². The van der Waals surface area contributed by atoms with Gasteiger partial charge in [0, 0.05) is 39.9 Å². The molecule has 2 aromatic heterocycles. The second kappa shape index (κ2) is 14.6. The summed E-state index contributed by atoms with van der Waals surface area (Å²) in [5.41, 5.74) is 3.04. The summed E-state index contributed by atoms with van der Waals surface area (Å²) < 4.78 is 8.41. The Morgan fingerprint density at radius 2 is 1.65 bits per heavy atom. The number of carbonyl (C=O) groups excluding carboxylic acids is 5. The molecule has 4 aromatic carbocycles. The largest absolute Gasteiger partial charge is 0.504 e. The number of benzene rings is 4. The smallest absolute Gasteiger partial charge is 0.242 e. The van der Waals surface area contributed by atoms with Crippen LogP contribution >= 0.6 is 22.9 Å². The van der Waals surface area contributed by atoms with Gasteiger partial charge in [0.05, 0.1) is 40.3 Å². The van der Waals surface area contributed by atoms with E-state index in [9.17, 15) is 19.5 Å². The number of anilines is 2. The van der Waals surface area contributed by atoms with Crippen LogP contribution in [0.25, 0.3) is 20.7 Å². The third-order valence-electron chi connectivity index (χ3n) is 13.5. The van der Waals surface area contributed by atoms with Crippen LogP contribution < -0.4 is 14.5 Å². The molecular weight excluding hydrogens is 824 g/mol. The number of aromatic nitrogens is 2. The van der Waals surface area contributed by atoms with E-state index < -0.39 is 46.8 Å². The Kier molecular flexibility index (Phi) is 9.38. The van der Waals surface area contributed by atoms with E-state index >= 15 is 9.59 Å². The number of nitrogens with zero attached hydrogens (tertiary/aromatic N) is 4. The predicted molar refractivity (Wildman–Crippen MR) is 236 cm³/mol. The van der Waals surface area contributed by atoms with Crippen LogP contribution in [0.4, 0.5) is 11.5 Å². The van der Waals surface area contributed by atoms with E-state index in [0.29, 0.717) is 38.9 Å². The molecule has 4 amide bonds. The molecule has 4 heterocycles. The van der Waals surface area contributed by atoms with Crippen molar-refractivity contribution in [3.63, 3.8) is 0 Å². The number of aromatic hydroxyl groups is 1. The van der Waals surface area contributed by atoms with Crippen molar-refractivity contribution in [2.24, 2.45) is 36.1 Å². The van der Waals surface area contributed by atoms with Crippen LogP contribution in [0, 0.1) is 36.0 Å². The van der Waals surface area contributed by atoms with E-state index in [0.717, 1.165) is 26.1 Å². The van der Waals surface area contributed by atoms with Gasteiger partial charge in [0.2, 0.25) is 23.6 Å². The average Bonchev–Trinajstić information content (AvgIpc) is 3.94. The maximum absolute atomic E-state index is 15.3. The minimum absolute atomic E-state index is 0.0669. The Balaban J connectivity index is 1.04. The molecular formula is C49H41ClN4O7S. The third kappa shape index (κ3) is 5.83. The number of halogens is 1. The number of phenolic OH excluding ortho intramolecular Hbond substituents is 1. The highest BCUT2D eigenvalue weighted by molar-refractivity contribution is 7.22. The quantitative estimate of drug-likeness (QED) is 0.0909. The zero-order valence-electron chi connectivity index (χ0n) is 34.3. The number of ether oxygens (including phenoxy) is 1. The Morgan fingerprint density at radius 1 is 0.903 bits per heavy atom. The maximum atomic E-state index is 15.3. The molecule has 1 saturated carbocycles. The van der Waals surface area contributed by atoms with Crippen LogP contribution in [0.5, 0.6) is 11.5 Å². The van der Waals surface area contributed by atoms with Crippen molar-refractivity contribution < 1.29 is 33.8 Å². The lowest BCUT2D eigenvalue weighted by molar-refractivity contribution is -0.131. The Bertz CT molecular complexity index is 2940. The van der Waals surface area contributed by atoms with Crippen molar-refractivity contribution in [1.82, 2.24) is 9.78 Å². The molecule has 11 nitrogen and oxygen atoms in total. The van der Waals surface area contributed by atoms with Crippen molar-refractivity contribution in [2.75, 3.05) is 16.4 Å². The van der Waals surface area contributed by atoms with Gasteiger partial charge in [-0.25, -0.2) is 4.90 Å². The first kappa shape index (κ1) is 39.7. The molecule has 0 radical (unpaired) electrons. The number of imide groups is 2. The molecule has 2 aliphatic carbocycles. The van der Waals surface area contributed by atoms with E-state index in [4.69, 9.17) is 21.4 Å². The van der Waals surface area contributed by atoms with E-state index in [1.165, 1.54) is 15.9 Å². The van der Waals surface area contributed by atoms with Gasteiger partial charge in [-0.15, -0.1) is 11.3 Å². The lowest BCUT2D eigenvalue weighted by Crippen LogP contribution is -2.49. The molecule has 2 aliphatic heterocycles. The summed E-state index contributed by atoms with van der Waals surface area (Å²) in [5, 5.41) is 17.2. The highest BCUT2D eigenvalue weighted by Crippen LogP contribution is 2.64. The number of fused-ring (bicyclic) bond motifs is 5. The molecule has 6 unspecified atom stereocenters. The fraction of sp³-hybridized carbons (Fsp3) is 0.265. The Labute approximate surface area is 366 Å². The lowest BCUT2D eigenvalue weighted by atomic mass is 9.51. The number of hydrogen-bond acceptors (Lipinski definition) is 9. The zero-order valence-corrected chi connectivity index (χ0v) is 35.9. The number of amides is 4. The highest BCUT2D eigenvalue weighted by atomic mass is 35.5. The Morgan fingerprint density at radius 3 is 2.39 bits per heavy atom. The second-order valence-electron chi connectivity index (χ2n) is 16.8. The van der Waals surface area contributed by atoms with Crippen molar-refractivity contribution in [1.29, 1.82) is 0 Å². The van der Waals surface area contributed by atoms with Gasteiger partial charge in [0.15, 0.2) is 17.3 Å². The maximum Gasteiger partial charge on any atom is 0.242 e. The molecule has 0 spiro atoms. The number of rotatable bonds is 8. The summed E-state index contributed by atoms with van der Waals surface area (Å²) in [6.07, 6.45) is 2.41. The van der Waals surface area contributed by atoms with E-state index in [1.54, 1.807) is 89.8 Å². The molecule has 4 aliphatic rings. The van der Waals surface area contributed by atoms with Gasteiger partial charge < -0.3 is 9.84 Å². The predicted octanol–water partition coefficient (Wildman–Crippen LogP) is 9.03. The zero-order chi connectivity index (χ0) is 43.4. The first-order chi connectivity index (χ1) is 29.8. The first-order valence-corrected chi connectivity index (χ1v) is 21.9. The van der Waals surface area contributed by atoms with E-state index in [1.807, 2.05) is 51.1 Å². The first-order valence-electron chi connectivity index (χ1n) is 20.7. The van der Waals surface area contributed by atoms with Crippen LogP contribution in [0.1, 0.15) is 59.7 Å². The summed E-state index contributed by atoms with van der Waals surface area (Å²) >= 11 is 7.90. The van der Waals surface area contributed by atoms with E-state index in [2.05, 4.69) is 0 Å². The summed E-state index contributed by atoms with van der Waals surface area (Å²) in [5.74, 6) is -4.86. The van der Waals surface area contributed by atoms with Gasteiger partial charge in [-0.3, -0.25) is 33.6 Å². The number of phenols is 1. The molecule has 10 rings (SSSR count). The molecule has 62 heavy (non-hydrogen) atoms. The summed E-state index contributed by atoms with van der Waals surface area (Å²) in [4.78, 5) is 75.9. The fourth-order valence-electron chi connectivity index (χ4n) is 10.6. The van der Waals surface area contributed by atoms with Crippen LogP contribution in [-0.2, 0) is 26.2 Å². The minimum Gasteiger partial charge on any atom is -0.504 e. The number of thiophene rings is 1. The van der Waals surface area contributed by atoms with Crippen LogP contribution in [-0.4, -0.2) is 50.9 Å². The number of carbonyl (C=O) groups is 5. The number of allylic oxidation sites excluding steroid dienone is 2. The molecule has 13 heteroatoms. The fourth-order valence-corrected chi connectivity index (χ4v) is 11.9. The highest BCUT2D eigenvalue weighted by Gasteiger charge is 2.68. The second-order valence-corrected chi connectivity index (χ2v) is 18.3. The van der Waals surface area contributed by atoms with Crippen molar-refractivity contribution >= 4 is 73.9 Å². The van der Waals surface area contributed by atoms with Gasteiger partial charge in [-0.05, 0) is 111 Å². The molecule has 2 saturated heterocycles. The summed E-state index contributed by atoms with van der Waals surface area (Å²) in [6, 6.07) is 27.9. The van der Waals surface area contributed by atoms with Crippen LogP contribution in [0.2, 0.25) is 5.02 Å². The van der Waals surface area contributed by atoms with Gasteiger partial charge in [-0.1, -0.05) is 59.6 Å². The molecule has 1 N–H and O–H groups in total. The Hall–Kier alpha value is -6.37. The lowest BCUT2D eigenvalue weighted by Gasteiger charge is -2.49. The third-order valence-corrected chi connectivity index (χ3v) is 15.1. The van der Waals surface area contributed by atoms with Crippen LogP contribution in [0.3, 0.4) is 0 Å². The minimum atomic E-state index is -1.33. The molecule has 6 atom stereocenters. The van der Waals surface area contributed by atoms with Gasteiger partial charge >= 0.3 is 0 Å². The number of ketones is 1. The number of aryl methyl sites for hydroxylation is 2. The SMILES string of the molecule is CCOc1cc(C2C3=CCC4C(=O)N(c5ccc(C(=O)c6ccccc6)cc5)C(=O)C4C3CC3C(=O)N(c4cc(-c5sc6ccc(Cl)cc6c5C)nn4C)C(=O)C32C)ccc1O. The summed E-state index contributed by atoms with van der Waals surface area (Å²) in [6.45, 7) is 5.91. The molecule has 6 aromatic rings. The van der Waals surface area contributed by atoms with E-state index in [-0.39, 0.29) is 48.5 Å². The monoisotopic (exact) mass is 864 g/mol. The van der Waals surface area contributed by atoms with Crippen molar-refractivity contribution in [3.05, 3.63) is 136 Å². The molecule has 0 bridgehead atoms. The number of hydrogen-bond donors (Lipinski definition) is 1. The molecule has 312 valence electrons. The van der Waals surface area contributed by atoms with Gasteiger partial charge in [0.1, 0.15) is 11.5 Å².